The van der Waals surface area contributed by atoms with E-state index in [1.165, 1.54) is 0 Å². The second kappa shape index (κ2) is 6.42. The lowest BCUT2D eigenvalue weighted by Crippen LogP contribution is -2.27. The monoisotopic (exact) mass is 328 g/mol. The predicted octanol–water partition coefficient (Wildman–Crippen LogP) is 3.89. The highest BCUT2D eigenvalue weighted by Gasteiger charge is 2.24. The first-order valence-corrected chi connectivity index (χ1v) is 7.96. The van der Waals surface area contributed by atoms with E-state index in [9.17, 15) is 9.59 Å². The number of anilines is 2. The van der Waals surface area contributed by atoms with E-state index >= 15 is 0 Å². The molecule has 1 N–H and O–H groups in total. The third kappa shape index (κ3) is 3.22. The number of fused-ring (bicyclic) bond motifs is 1. The molecule has 1 aliphatic heterocycles. The molecule has 0 saturated heterocycles. The van der Waals surface area contributed by atoms with Gasteiger partial charge in [-0.05, 0) is 48.4 Å². The molecule has 23 heavy (non-hydrogen) atoms. The standard InChI is InChI=1S/C18H17ClN2O2/c1-2-17(22)21-9-8-12-10-13(6-7-16(12)21)18(23)20-15-5-3-4-14(19)11-15/h3-7,10-11H,2,8-9H2,1H3,(H,20,23). The van der Waals surface area contributed by atoms with Crippen molar-refractivity contribution < 1.29 is 9.59 Å². The summed E-state index contributed by atoms with van der Waals surface area (Å²) >= 11 is 5.92. The number of rotatable bonds is 3. The van der Waals surface area contributed by atoms with Crippen molar-refractivity contribution >= 4 is 34.8 Å². The molecular weight excluding hydrogens is 312 g/mol. The van der Waals surface area contributed by atoms with E-state index < -0.39 is 0 Å². The molecule has 0 spiro atoms. The number of hydrogen-bond donors (Lipinski definition) is 1. The number of amides is 2. The molecule has 4 nitrogen and oxygen atoms in total. The number of nitrogens with zero attached hydrogens (tertiary/aromatic N) is 1. The molecular formula is C18H17ClN2O2. The summed E-state index contributed by atoms with van der Waals surface area (Å²) in [6, 6.07) is 12.5. The van der Waals surface area contributed by atoms with Gasteiger partial charge in [-0.1, -0.05) is 24.6 Å². The zero-order chi connectivity index (χ0) is 16.4. The van der Waals surface area contributed by atoms with Gasteiger partial charge in [-0.2, -0.15) is 0 Å². The maximum Gasteiger partial charge on any atom is 0.255 e. The summed E-state index contributed by atoms with van der Waals surface area (Å²) in [5, 5.41) is 3.41. The summed E-state index contributed by atoms with van der Waals surface area (Å²) in [5.74, 6) is -0.0739. The third-order valence-corrected chi connectivity index (χ3v) is 4.16. The minimum Gasteiger partial charge on any atom is -0.322 e. The number of benzene rings is 2. The zero-order valence-corrected chi connectivity index (χ0v) is 13.6. The van der Waals surface area contributed by atoms with Gasteiger partial charge < -0.3 is 10.2 Å². The summed E-state index contributed by atoms with van der Waals surface area (Å²) in [7, 11) is 0. The Kier molecular flexibility index (Phi) is 4.35. The third-order valence-electron chi connectivity index (χ3n) is 3.92. The second-order valence-corrected chi connectivity index (χ2v) is 5.89. The van der Waals surface area contributed by atoms with Crippen molar-refractivity contribution in [1.82, 2.24) is 0 Å². The quantitative estimate of drug-likeness (QED) is 0.929. The summed E-state index contributed by atoms with van der Waals surface area (Å²) in [6.07, 6.45) is 1.26. The largest absolute Gasteiger partial charge is 0.322 e. The lowest BCUT2D eigenvalue weighted by atomic mass is 10.1. The molecule has 118 valence electrons. The number of halogens is 1. The molecule has 3 rings (SSSR count). The summed E-state index contributed by atoms with van der Waals surface area (Å²) in [5.41, 5.74) is 3.18. The Balaban J connectivity index is 1.80. The fourth-order valence-corrected chi connectivity index (χ4v) is 2.95. The van der Waals surface area contributed by atoms with Crippen molar-refractivity contribution in [1.29, 1.82) is 0 Å². The van der Waals surface area contributed by atoms with Crippen LogP contribution >= 0.6 is 11.6 Å². The highest BCUT2D eigenvalue weighted by Crippen LogP contribution is 2.29. The fourth-order valence-electron chi connectivity index (χ4n) is 2.76. The van der Waals surface area contributed by atoms with Gasteiger partial charge in [0.1, 0.15) is 0 Å². The molecule has 2 aromatic carbocycles. The molecule has 5 heteroatoms. The molecule has 0 unspecified atom stereocenters. The highest BCUT2D eigenvalue weighted by atomic mass is 35.5. The van der Waals surface area contributed by atoms with Gasteiger partial charge in [0.15, 0.2) is 0 Å². The van der Waals surface area contributed by atoms with Crippen molar-refractivity contribution in [3.05, 3.63) is 58.6 Å². The van der Waals surface area contributed by atoms with Gasteiger partial charge in [0.2, 0.25) is 5.91 Å². The molecule has 0 bridgehead atoms. The van der Waals surface area contributed by atoms with Crippen molar-refractivity contribution in [3.8, 4) is 0 Å². The molecule has 0 radical (unpaired) electrons. The van der Waals surface area contributed by atoms with Crippen LogP contribution in [0.4, 0.5) is 11.4 Å². The average molecular weight is 329 g/mol. The van der Waals surface area contributed by atoms with Crippen LogP contribution in [0.25, 0.3) is 0 Å². The van der Waals surface area contributed by atoms with Gasteiger partial charge in [0, 0.05) is 34.9 Å². The van der Waals surface area contributed by atoms with E-state index in [1.54, 1.807) is 35.2 Å². The predicted molar refractivity (Wildman–Crippen MR) is 92.2 cm³/mol. The molecule has 0 fully saturated rings. The molecule has 0 saturated carbocycles. The Morgan fingerprint density at radius 3 is 2.78 bits per heavy atom. The molecule has 1 aliphatic rings. The number of nitrogens with one attached hydrogen (secondary N) is 1. The van der Waals surface area contributed by atoms with E-state index in [-0.39, 0.29) is 11.8 Å². The number of hydrogen-bond acceptors (Lipinski definition) is 2. The second-order valence-electron chi connectivity index (χ2n) is 5.46. The van der Waals surface area contributed by atoms with E-state index in [0.717, 1.165) is 17.7 Å². The molecule has 0 aliphatic carbocycles. The molecule has 2 aromatic rings. The van der Waals surface area contributed by atoms with Crippen LogP contribution in [0.3, 0.4) is 0 Å². The van der Waals surface area contributed by atoms with Crippen LogP contribution in [0.5, 0.6) is 0 Å². The molecule has 0 atom stereocenters. The Hall–Kier alpha value is -2.33. The fraction of sp³-hybridized carbons (Fsp3) is 0.222. The van der Waals surface area contributed by atoms with Crippen LogP contribution < -0.4 is 10.2 Å². The summed E-state index contributed by atoms with van der Waals surface area (Å²) in [6.45, 7) is 2.54. The lowest BCUT2D eigenvalue weighted by Gasteiger charge is -2.16. The first-order valence-electron chi connectivity index (χ1n) is 7.58. The SMILES string of the molecule is CCC(=O)N1CCc2cc(C(=O)Nc3cccc(Cl)c3)ccc21. The number of carbonyl (C=O) groups excluding carboxylic acids is 2. The maximum absolute atomic E-state index is 12.4. The van der Waals surface area contributed by atoms with Crippen LogP contribution in [0.15, 0.2) is 42.5 Å². The molecule has 2 amide bonds. The Morgan fingerprint density at radius 2 is 2.04 bits per heavy atom. The first-order chi connectivity index (χ1) is 11.1. The number of carbonyl (C=O) groups is 2. The minimum atomic E-state index is -0.185. The highest BCUT2D eigenvalue weighted by molar-refractivity contribution is 6.31. The van der Waals surface area contributed by atoms with Gasteiger partial charge in [0.25, 0.3) is 5.91 Å². The van der Waals surface area contributed by atoms with Crippen LogP contribution in [0, 0.1) is 0 Å². The van der Waals surface area contributed by atoms with E-state index in [4.69, 9.17) is 11.6 Å². The van der Waals surface area contributed by atoms with Crippen molar-refractivity contribution in [3.63, 3.8) is 0 Å². The molecule has 1 heterocycles. The smallest absolute Gasteiger partial charge is 0.255 e. The van der Waals surface area contributed by atoms with Crippen LogP contribution in [-0.4, -0.2) is 18.4 Å². The first kappa shape index (κ1) is 15.6. The van der Waals surface area contributed by atoms with E-state index in [2.05, 4.69) is 5.32 Å². The van der Waals surface area contributed by atoms with Crippen LogP contribution in [0.1, 0.15) is 29.3 Å². The van der Waals surface area contributed by atoms with E-state index in [0.29, 0.717) is 29.2 Å². The van der Waals surface area contributed by atoms with Gasteiger partial charge in [0.05, 0.1) is 0 Å². The normalized spacial score (nSPS) is 12.9. The van der Waals surface area contributed by atoms with Crippen molar-refractivity contribution in [2.75, 3.05) is 16.8 Å². The van der Waals surface area contributed by atoms with E-state index in [1.807, 2.05) is 19.1 Å². The summed E-state index contributed by atoms with van der Waals surface area (Å²) < 4.78 is 0. The van der Waals surface area contributed by atoms with Crippen LogP contribution in [-0.2, 0) is 11.2 Å². The zero-order valence-electron chi connectivity index (χ0n) is 12.8. The van der Waals surface area contributed by atoms with Crippen molar-refractivity contribution in [2.45, 2.75) is 19.8 Å². The average Bonchev–Trinajstić information content (AvgIpc) is 2.97. The lowest BCUT2D eigenvalue weighted by molar-refractivity contribution is -0.118. The van der Waals surface area contributed by atoms with Gasteiger partial charge >= 0.3 is 0 Å². The van der Waals surface area contributed by atoms with Gasteiger partial charge in [-0.15, -0.1) is 0 Å². The Morgan fingerprint density at radius 1 is 1.22 bits per heavy atom. The Bertz CT molecular complexity index is 773. The topological polar surface area (TPSA) is 49.4 Å². The van der Waals surface area contributed by atoms with Gasteiger partial charge in [-0.3, -0.25) is 9.59 Å². The van der Waals surface area contributed by atoms with Crippen LogP contribution in [0.2, 0.25) is 5.02 Å². The molecule has 0 aromatic heterocycles. The minimum absolute atomic E-state index is 0.111. The van der Waals surface area contributed by atoms with Gasteiger partial charge in [-0.25, -0.2) is 0 Å². The Labute approximate surface area is 140 Å². The maximum atomic E-state index is 12.4. The van der Waals surface area contributed by atoms with Crippen molar-refractivity contribution in [2.24, 2.45) is 0 Å². The summed E-state index contributed by atoms with van der Waals surface area (Å²) in [4.78, 5) is 26.1.